The van der Waals surface area contributed by atoms with E-state index >= 15 is 0 Å². The molecule has 0 unspecified atom stereocenters. The van der Waals surface area contributed by atoms with E-state index in [2.05, 4.69) is 194 Å². The van der Waals surface area contributed by atoms with Gasteiger partial charge in [0, 0.05) is 57.8 Å². The Morgan fingerprint density at radius 3 is 0.893 bits per heavy atom. The molecule has 310 valence electrons. The molecule has 0 saturated heterocycles. The van der Waals surface area contributed by atoms with Gasteiger partial charge in [-0.2, -0.15) is 20.4 Å². The van der Waals surface area contributed by atoms with Crippen molar-refractivity contribution in [3.63, 3.8) is 0 Å². The molecule has 6 heterocycles. The van der Waals surface area contributed by atoms with Gasteiger partial charge in [-0.3, -0.25) is 9.97 Å². The molecule has 0 aromatic carbocycles. The molecule has 0 atom stereocenters. The molecule has 56 heavy (non-hydrogen) atoms. The molecular formula is C42H56Cl2Cu2N10. The van der Waals surface area contributed by atoms with Crippen molar-refractivity contribution < 1.29 is 30.2 Å². The second-order valence-electron chi connectivity index (χ2n) is 18.1. The van der Waals surface area contributed by atoms with Gasteiger partial charge in [-0.05, 0) is 61.4 Å². The maximum absolute atomic E-state index is 5.21. The summed E-state index contributed by atoms with van der Waals surface area (Å²) in [5.41, 5.74) is 7.52. The van der Waals surface area contributed by atoms with E-state index in [0.717, 1.165) is 58.4 Å². The average Bonchev–Trinajstić information content (AvgIpc) is 3.97. The Hall–Kier alpha value is -3.24. The van der Waals surface area contributed by atoms with Crippen molar-refractivity contribution in [1.29, 1.82) is 0 Å². The summed E-state index contributed by atoms with van der Waals surface area (Å²) in [5, 5.41) is 20.1. The first-order valence-electron chi connectivity index (χ1n) is 18.6. The fraction of sp³-hybridized carbons (Fsp3) is 0.476. The van der Waals surface area contributed by atoms with E-state index in [1.54, 1.807) is 0 Å². The third-order valence-corrected chi connectivity index (χ3v) is 9.33. The Morgan fingerprint density at radius 1 is 0.429 bits per heavy atom. The Kier molecular flexibility index (Phi) is 15.1. The zero-order valence-electron chi connectivity index (χ0n) is 34.5. The molecule has 0 spiro atoms. The molecule has 14 heteroatoms. The van der Waals surface area contributed by atoms with Crippen molar-refractivity contribution >= 4 is 20.2 Å². The Balaban J connectivity index is 0.00000169. The average molecular weight is 899 g/mol. The van der Waals surface area contributed by atoms with Crippen molar-refractivity contribution in [1.82, 2.24) is 49.1 Å². The van der Waals surface area contributed by atoms with E-state index in [4.69, 9.17) is 30.4 Å². The fourth-order valence-corrected chi connectivity index (χ4v) is 6.10. The predicted molar refractivity (Wildman–Crippen MR) is 218 cm³/mol. The van der Waals surface area contributed by atoms with Gasteiger partial charge in [0.1, 0.15) is 0 Å². The van der Waals surface area contributed by atoms with Crippen LogP contribution in [0.3, 0.4) is 0 Å². The molecule has 0 saturated carbocycles. The number of hydrogen-bond acceptors (Lipinski definition) is 6. The van der Waals surface area contributed by atoms with Crippen LogP contribution in [-0.4, -0.2) is 49.1 Å². The Morgan fingerprint density at radius 2 is 0.679 bits per heavy atom. The predicted octanol–water partition coefficient (Wildman–Crippen LogP) is 9.80. The molecule has 0 amide bonds. The Labute approximate surface area is 358 Å². The van der Waals surface area contributed by atoms with Gasteiger partial charge in [0.2, 0.25) is 0 Å². The topological polar surface area (TPSA) is 97.1 Å². The van der Waals surface area contributed by atoms with E-state index < -0.39 is 0 Å². The summed E-state index contributed by atoms with van der Waals surface area (Å²) in [6.07, 6.45) is 8.96. The van der Waals surface area contributed by atoms with Crippen LogP contribution in [-0.2, 0) is 64.7 Å². The molecule has 0 N–H and O–H groups in total. The van der Waals surface area contributed by atoms with Gasteiger partial charge >= 0.3 is 50.4 Å². The summed E-state index contributed by atoms with van der Waals surface area (Å²) in [6.45, 7) is 26.2. The second-order valence-corrected chi connectivity index (χ2v) is 18.1. The molecule has 10 nitrogen and oxygen atoms in total. The van der Waals surface area contributed by atoms with Gasteiger partial charge in [-0.1, -0.05) is 95.2 Å². The van der Waals surface area contributed by atoms with Crippen LogP contribution >= 0.6 is 20.2 Å². The van der Waals surface area contributed by atoms with E-state index in [-0.39, 0.29) is 34.0 Å². The second kappa shape index (κ2) is 18.6. The maximum atomic E-state index is 5.21. The van der Waals surface area contributed by atoms with Gasteiger partial charge in [0.25, 0.3) is 0 Å². The van der Waals surface area contributed by atoms with Crippen molar-refractivity contribution in [2.24, 2.45) is 0 Å². The number of rotatable bonds is 9. The summed E-state index contributed by atoms with van der Waals surface area (Å²) in [4.78, 5) is 10.4. The van der Waals surface area contributed by atoms with E-state index in [0.29, 0.717) is 0 Å². The molecule has 0 aliphatic heterocycles. The molecule has 0 bridgehead atoms. The van der Waals surface area contributed by atoms with Gasteiger partial charge < -0.3 is 0 Å². The first-order valence-corrected chi connectivity index (χ1v) is 21.2. The number of hydrogen-bond donors (Lipinski definition) is 0. The molecule has 6 aromatic heterocycles. The van der Waals surface area contributed by atoms with Crippen LogP contribution in [0.5, 0.6) is 0 Å². The van der Waals surface area contributed by atoms with Crippen LogP contribution in [0.1, 0.15) is 141 Å². The summed E-state index contributed by atoms with van der Waals surface area (Å²) in [5.74, 6) is 0. The Bertz CT molecular complexity index is 1880. The summed E-state index contributed by atoms with van der Waals surface area (Å²) in [6, 6.07) is 20.9. The van der Waals surface area contributed by atoms with Crippen molar-refractivity contribution in [2.75, 3.05) is 0 Å². The third kappa shape index (κ3) is 11.2. The number of aromatic nitrogens is 10. The van der Waals surface area contributed by atoms with Crippen LogP contribution in [0.25, 0.3) is 0 Å². The number of aryl methyl sites for hydroxylation is 2. The molecule has 6 rings (SSSR count). The summed E-state index contributed by atoms with van der Waals surface area (Å²) in [7, 11) is 8.40. The molecule has 0 aliphatic carbocycles. The van der Waals surface area contributed by atoms with E-state index in [1.165, 1.54) is 0 Å². The van der Waals surface area contributed by atoms with E-state index in [1.807, 2.05) is 43.5 Å². The SMILES string of the molecule is CC(C)(C)c1ccn(C(c2cccc(CCc3cccc(C(n4ccc(C(C)(C)C)n4)n4ccc(C(C)(C)C)n4)n3)n2)n2ccc(C(C)(C)C)n2)n1.[Cl][Cu].[Cl][Cu]. The zero-order valence-corrected chi connectivity index (χ0v) is 37.9. The molecule has 0 fully saturated rings. The monoisotopic (exact) mass is 896 g/mol. The third-order valence-electron chi connectivity index (χ3n) is 9.33. The quantitative estimate of drug-likeness (QED) is 0.134. The minimum atomic E-state index is -0.325. The van der Waals surface area contributed by atoms with Gasteiger partial charge in [-0.15, -0.1) is 0 Å². The summed E-state index contributed by atoms with van der Waals surface area (Å²) < 4.78 is 7.94. The first-order chi connectivity index (χ1) is 26.3. The number of nitrogens with zero attached hydrogens (tertiary/aromatic N) is 10. The number of pyridine rings is 2. The normalized spacial score (nSPS) is 12.4. The van der Waals surface area contributed by atoms with Crippen LogP contribution in [0, 0.1) is 0 Å². The summed E-state index contributed by atoms with van der Waals surface area (Å²) >= 11 is 7.32. The fourth-order valence-electron chi connectivity index (χ4n) is 6.10. The van der Waals surface area contributed by atoms with Crippen LogP contribution in [0.15, 0.2) is 85.5 Å². The van der Waals surface area contributed by atoms with Gasteiger partial charge in [0.05, 0.1) is 34.2 Å². The minimum absolute atomic E-state index is 0.0785. The molecular weight excluding hydrogens is 843 g/mol. The van der Waals surface area contributed by atoms with E-state index in [9.17, 15) is 0 Å². The van der Waals surface area contributed by atoms with Crippen LogP contribution in [0.2, 0.25) is 0 Å². The van der Waals surface area contributed by atoms with Crippen LogP contribution < -0.4 is 0 Å². The van der Waals surface area contributed by atoms with Crippen molar-refractivity contribution in [3.8, 4) is 0 Å². The van der Waals surface area contributed by atoms with Gasteiger partial charge in [-0.25, -0.2) is 18.7 Å². The standard InChI is InChI=1S/C42H56N10.2ClH.2Cu/c1-39(2,3)33-21-25-49(45-33)37(50-26-22-34(46-50)40(4,5)6)31-17-13-15-29(43-31)19-20-30-16-14-18-32(44-30)38(51-27-23-35(47-51)41(7,8)9)52-28-24-36(48-52)42(10,11)12;;;;/h13-18,21-28,37-38H,19-20H2,1-12H3;2*1H;;/q;;;2*+1/p-2. The first kappa shape index (κ1) is 45.5. The molecule has 0 aliphatic rings. The van der Waals surface area contributed by atoms with Crippen LogP contribution in [0.4, 0.5) is 0 Å². The molecule has 0 radical (unpaired) electrons. The number of halogens is 2. The van der Waals surface area contributed by atoms with Crippen molar-refractivity contribution in [2.45, 2.75) is 130 Å². The zero-order chi connectivity index (χ0) is 41.6. The van der Waals surface area contributed by atoms with Gasteiger partial charge in [0.15, 0.2) is 12.3 Å². The molecule has 6 aromatic rings. The van der Waals surface area contributed by atoms with Crippen molar-refractivity contribution in [3.05, 3.63) is 131 Å².